The molecule has 0 radical (unpaired) electrons. The van der Waals surface area contributed by atoms with Crippen molar-refractivity contribution < 1.29 is 13.2 Å². The second-order valence-corrected chi connectivity index (χ2v) is 9.57. The molecule has 1 aromatic carbocycles. The lowest BCUT2D eigenvalue weighted by Crippen LogP contribution is -2.33. The van der Waals surface area contributed by atoms with E-state index in [1.807, 2.05) is 24.4 Å². The molecule has 182 valence electrons. The van der Waals surface area contributed by atoms with Gasteiger partial charge in [-0.2, -0.15) is 22.8 Å². The highest BCUT2D eigenvalue weighted by Crippen LogP contribution is 2.34. The number of halogens is 4. The van der Waals surface area contributed by atoms with Gasteiger partial charge in [0.2, 0.25) is 0 Å². The molecule has 6 nitrogen and oxygen atoms in total. The summed E-state index contributed by atoms with van der Waals surface area (Å²) < 4.78 is 42.7. The number of hydrogen-bond donors (Lipinski definition) is 1. The lowest BCUT2D eigenvalue weighted by atomic mass is 9.92. The summed E-state index contributed by atoms with van der Waals surface area (Å²) in [7, 11) is 0. The summed E-state index contributed by atoms with van der Waals surface area (Å²) in [6.45, 7) is 2.31. The first-order valence-electron chi connectivity index (χ1n) is 11.4. The predicted octanol–water partition coefficient (Wildman–Crippen LogP) is 5.90. The molecule has 1 saturated heterocycles. The van der Waals surface area contributed by atoms with Gasteiger partial charge in [-0.3, -0.25) is 9.88 Å². The van der Waals surface area contributed by atoms with Crippen LogP contribution >= 0.6 is 15.9 Å². The Morgan fingerprint density at radius 2 is 1.86 bits per heavy atom. The normalized spacial score (nSPS) is 15.5. The lowest BCUT2D eigenvalue weighted by Gasteiger charge is -2.32. The van der Waals surface area contributed by atoms with Crippen molar-refractivity contribution in [1.82, 2.24) is 24.5 Å². The summed E-state index contributed by atoms with van der Waals surface area (Å²) >= 11 is 3.54. The van der Waals surface area contributed by atoms with Crippen LogP contribution in [0.25, 0.3) is 5.65 Å². The van der Waals surface area contributed by atoms with E-state index in [0.717, 1.165) is 46.1 Å². The Morgan fingerprint density at radius 1 is 1.06 bits per heavy atom. The third kappa shape index (κ3) is 5.33. The van der Waals surface area contributed by atoms with E-state index in [9.17, 15) is 13.2 Å². The summed E-state index contributed by atoms with van der Waals surface area (Å²) in [4.78, 5) is 11.1. The highest BCUT2D eigenvalue weighted by Gasteiger charge is 2.33. The smallest absolute Gasteiger partial charge is 0.366 e. The molecule has 10 heteroatoms. The summed E-state index contributed by atoms with van der Waals surface area (Å²) in [5.41, 5.74) is 2.52. The molecule has 0 unspecified atom stereocenters. The number of pyridine rings is 1. The van der Waals surface area contributed by atoms with E-state index in [1.54, 1.807) is 29.0 Å². The molecule has 1 fully saturated rings. The Balaban J connectivity index is 1.31. The number of benzene rings is 1. The Morgan fingerprint density at radius 3 is 2.60 bits per heavy atom. The van der Waals surface area contributed by atoms with Crippen molar-refractivity contribution in [3.63, 3.8) is 0 Å². The fourth-order valence-corrected chi connectivity index (χ4v) is 4.90. The molecule has 35 heavy (non-hydrogen) atoms. The zero-order chi connectivity index (χ0) is 24.4. The highest BCUT2D eigenvalue weighted by atomic mass is 79.9. The zero-order valence-corrected chi connectivity index (χ0v) is 20.4. The third-order valence-electron chi connectivity index (χ3n) is 6.37. The van der Waals surface area contributed by atoms with Crippen molar-refractivity contribution in [2.75, 3.05) is 18.4 Å². The minimum Gasteiger partial charge on any atom is -0.366 e. The van der Waals surface area contributed by atoms with Gasteiger partial charge in [0.15, 0.2) is 5.65 Å². The number of nitrogens with one attached hydrogen (secondary N) is 1. The molecule has 1 N–H and O–H groups in total. The number of piperidine rings is 1. The molecule has 0 saturated carbocycles. The van der Waals surface area contributed by atoms with E-state index in [1.165, 1.54) is 6.07 Å². The Labute approximate surface area is 209 Å². The number of hydrogen-bond acceptors (Lipinski definition) is 5. The van der Waals surface area contributed by atoms with Gasteiger partial charge in [0, 0.05) is 43.2 Å². The molecule has 5 rings (SSSR count). The van der Waals surface area contributed by atoms with E-state index >= 15 is 0 Å². The summed E-state index contributed by atoms with van der Waals surface area (Å²) in [5.74, 6) is 1.05. The number of nitrogens with zero attached hydrogens (tertiary/aromatic N) is 5. The van der Waals surface area contributed by atoms with Crippen LogP contribution in [-0.4, -0.2) is 37.6 Å². The molecule has 3 aromatic heterocycles. The van der Waals surface area contributed by atoms with Gasteiger partial charge >= 0.3 is 6.18 Å². The van der Waals surface area contributed by atoms with Gasteiger partial charge in [0.25, 0.3) is 0 Å². The van der Waals surface area contributed by atoms with Crippen molar-refractivity contribution in [1.29, 1.82) is 0 Å². The van der Waals surface area contributed by atoms with Crippen LogP contribution in [0.1, 0.15) is 41.1 Å². The van der Waals surface area contributed by atoms with E-state index in [4.69, 9.17) is 4.98 Å². The molecule has 0 spiro atoms. The number of anilines is 1. The van der Waals surface area contributed by atoms with Crippen LogP contribution in [0.4, 0.5) is 19.0 Å². The standard InChI is InChI=1S/C25H24BrF3N6/c26-21-15-32-35-23(31-14-17-4-3-9-30-13-17)12-22(33-24(21)35)18-7-10-34(11-8-18)16-19-5-1-2-6-20(19)25(27,28)29/h1-6,9,12-13,15,18,31H,7-8,10-11,14,16H2. The van der Waals surface area contributed by atoms with Gasteiger partial charge in [-0.15, -0.1) is 0 Å². The van der Waals surface area contributed by atoms with Crippen molar-refractivity contribution in [3.8, 4) is 0 Å². The van der Waals surface area contributed by atoms with Crippen LogP contribution < -0.4 is 5.32 Å². The molecule has 4 aromatic rings. The van der Waals surface area contributed by atoms with Gasteiger partial charge in [-0.25, -0.2) is 4.98 Å². The second-order valence-electron chi connectivity index (χ2n) is 8.71. The maximum absolute atomic E-state index is 13.4. The first-order valence-corrected chi connectivity index (χ1v) is 12.2. The topological polar surface area (TPSA) is 58.4 Å². The van der Waals surface area contributed by atoms with Crippen LogP contribution in [0.15, 0.2) is 65.5 Å². The monoisotopic (exact) mass is 544 g/mol. The molecule has 0 atom stereocenters. The highest BCUT2D eigenvalue weighted by molar-refractivity contribution is 9.10. The molecule has 0 amide bonds. The Bertz CT molecular complexity index is 1300. The minimum absolute atomic E-state index is 0.217. The van der Waals surface area contributed by atoms with Gasteiger partial charge in [0.05, 0.1) is 16.2 Å². The van der Waals surface area contributed by atoms with Crippen molar-refractivity contribution in [2.24, 2.45) is 0 Å². The lowest BCUT2D eigenvalue weighted by molar-refractivity contribution is -0.138. The van der Waals surface area contributed by atoms with Gasteiger partial charge in [-0.05, 0) is 65.1 Å². The fraction of sp³-hybridized carbons (Fsp3) is 0.320. The summed E-state index contributed by atoms with van der Waals surface area (Å²) in [6.07, 6.45) is 2.59. The number of alkyl halides is 3. The van der Waals surface area contributed by atoms with Crippen LogP contribution in [0.2, 0.25) is 0 Å². The quantitative estimate of drug-likeness (QED) is 0.327. The zero-order valence-electron chi connectivity index (χ0n) is 18.8. The van der Waals surface area contributed by atoms with E-state index in [-0.39, 0.29) is 5.92 Å². The van der Waals surface area contributed by atoms with Crippen molar-refractivity contribution in [3.05, 3.63) is 87.9 Å². The van der Waals surface area contributed by atoms with Crippen molar-refractivity contribution >= 4 is 27.4 Å². The fourth-order valence-electron chi connectivity index (χ4n) is 4.55. The van der Waals surface area contributed by atoms with E-state index < -0.39 is 11.7 Å². The average Bonchev–Trinajstić information content (AvgIpc) is 3.24. The average molecular weight is 545 g/mol. The molecule has 0 bridgehead atoms. The van der Waals surface area contributed by atoms with Crippen LogP contribution in [0.5, 0.6) is 0 Å². The first kappa shape index (κ1) is 23.7. The van der Waals surface area contributed by atoms with Gasteiger partial charge < -0.3 is 5.32 Å². The van der Waals surface area contributed by atoms with Crippen LogP contribution in [0, 0.1) is 0 Å². The molecule has 0 aliphatic carbocycles. The largest absolute Gasteiger partial charge is 0.416 e. The number of aromatic nitrogens is 4. The maximum Gasteiger partial charge on any atom is 0.416 e. The summed E-state index contributed by atoms with van der Waals surface area (Å²) in [5, 5.41) is 7.87. The van der Waals surface area contributed by atoms with E-state index in [0.29, 0.717) is 31.7 Å². The molecule has 4 heterocycles. The number of likely N-dealkylation sites (tertiary alicyclic amines) is 1. The predicted molar refractivity (Wildman–Crippen MR) is 131 cm³/mol. The molecule has 1 aliphatic heterocycles. The third-order valence-corrected chi connectivity index (χ3v) is 6.93. The SMILES string of the molecule is FC(F)(F)c1ccccc1CN1CCC(c2cc(NCc3cccnc3)n3ncc(Br)c3n2)CC1. The van der Waals surface area contributed by atoms with E-state index in [2.05, 4.69) is 36.2 Å². The molecular formula is C25H24BrF3N6. The second kappa shape index (κ2) is 9.94. The Kier molecular flexibility index (Phi) is 6.75. The van der Waals surface area contributed by atoms with Crippen LogP contribution in [-0.2, 0) is 19.3 Å². The van der Waals surface area contributed by atoms with Gasteiger partial charge in [-0.1, -0.05) is 24.3 Å². The maximum atomic E-state index is 13.4. The first-order chi connectivity index (χ1) is 16.9. The number of rotatable bonds is 6. The molecular weight excluding hydrogens is 521 g/mol. The minimum atomic E-state index is -4.34. The van der Waals surface area contributed by atoms with Gasteiger partial charge in [0.1, 0.15) is 5.82 Å². The van der Waals surface area contributed by atoms with Crippen LogP contribution in [0.3, 0.4) is 0 Å². The molecule has 1 aliphatic rings. The summed E-state index contributed by atoms with van der Waals surface area (Å²) in [6, 6.07) is 11.8. The Hall–Kier alpha value is -2.98. The van der Waals surface area contributed by atoms with Crippen molar-refractivity contribution in [2.45, 2.75) is 38.0 Å². The number of fused-ring (bicyclic) bond motifs is 1.